The highest BCUT2D eigenvalue weighted by Gasteiger charge is 2.00. The van der Waals surface area contributed by atoms with Gasteiger partial charge in [0.05, 0.1) is 13.2 Å². The van der Waals surface area contributed by atoms with Gasteiger partial charge in [-0.3, -0.25) is 4.90 Å². The molecule has 12 heavy (non-hydrogen) atoms. The van der Waals surface area contributed by atoms with Gasteiger partial charge in [-0.05, 0) is 0 Å². The number of hydrogen-bond acceptors (Lipinski definition) is 3. The van der Waals surface area contributed by atoms with Crippen LogP contribution in [-0.4, -0.2) is 52.0 Å². The zero-order valence-electron chi connectivity index (χ0n) is 8.08. The van der Waals surface area contributed by atoms with Crippen LogP contribution in [0.1, 0.15) is 0 Å². The summed E-state index contributed by atoms with van der Waals surface area (Å²) in [6, 6.07) is 0. The van der Waals surface area contributed by atoms with Crippen LogP contribution in [0.3, 0.4) is 0 Å². The van der Waals surface area contributed by atoms with Crippen molar-refractivity contribution in [3.63, 3.8) is 0 Å². The minimum Gasteiger partial charge on any atom is -0.383 e. The van der Waals surface area contributed by atoms with Crippen LogP contribution in [0.4, 0.5) is 0 Å². The third kappa shape index (κ3) is 6.34. The van der Waals surface area contributed by atoms with E-state index >= 15 is 0 Å². The molecule has 0 radical (unpaired) electrons. The highest BCUT2D eigenvalue weighted by molar-refractivity contribution is 4.73. The van der Waals surface area contributed by atoms with E-state index < -0.39 is 0 Å². The first-order chi connectivity index (χ1) is 5.85. The number of ether oxygens (including phenoxy) is 2. The van der Waals surface area contributed by atoms with E-state index in [0.717, 1.165) is 32.8 Å². The molecule has 3 nitrogen and oxygen atoms in total. The van der Waals surface area contributed by atoms with Crippen LogP contribution in [0.15, 0.2) is 12.7 Å². The number of rotatable bonds is 8. The number of hydrogen-bond donors (Lipinski definition) is 0. The van der Waals surface area contributed by atoms with Crippen molar-refractivity contribution in [2.24, 2.45) is 0 Å². The second kappa shape index (κ2) is 8.71. The van der Waals surface area contributed by atoms with Crippen LogP contribution in [0.2, 0.25) is 0 Å². The van der Waals surface area contributed by atoms with Gasteiger partial charge in [-0.15, -0.1) is 6.58 Å². The van der Waals surface area contributed by atoms with Crippen molar-refractivity contribution >= 4 is 0 Å². The lowest BCUT2D eigenvalue weighted by atomic mass is 10.4. The lowest BCUT2D eigenvalue weighted by molar-refractivity contribution is 0.121. The topological polar surface area (TPSA) is 21.7 Å². The Kier molecular flexibility index (Phi) is 8.44. The predicted octanol–water partition coefficient (Wildman–Crippen LogP) is 0.767. The van der Waals surface area contributed by atoms with E-state index in [1.165, 1.54) is 0 Å². The van der Waals surface area contributed by atoms with E-state index in [0.29, 0.717) is 0 Å². The first kappa shape index (κ1) is 11.6. The highest BCUT2D eigenvalue weighted by Crippen LogP contribution is 1.88. The Hall–Kier alpha value is -0.380. The smallest absolute Gasteiger partial charge is 0.0589 e. The molecule has 0 aromatic heterocycles. The van der Waals surface area contributed by atoms with Gasteiger partial charge in [-0.2, -0.15) is 0 Å². The minimum atomic E-state index is 0.761. The molecule has 0 spiro atoms. The summed E-state index contributed by atoms with van der Waals surface area (Å²) < 4.78 is 9.96. The molecule has 0 bridgehead atoms. The van der Waals surface area contributed by atoms with Crippen molar-refractivity contribution in [3.05, 3.63) is 12.7 Å². The molecule has 0 N–H and O–H groups in total. The van der Waals surface area contributed by atoms with Crippen LogP contribution >= 0.6 is 0 Å². The molecule has 0 aromatic carbocycles. The zero-order valence-corrected chi connectivity index (χ0v) is 8.08. The van der Waals surface area contributed by atoms with Gasteiger partial charge in [0.2, 0.25) is 0 Å². The quantitative estimate of drug-likeness (QED) is 0.506. The summed E-state index contributed by atoms with van der Waals surface area (Å²) in [5.74, 6) is 0. The minimum absolute atomic E-state index is 0.761. The number of nitrogens with zero attached hydrogens (tertiary/aromatic N) is 1. The van der Waals surface area contributed by atoms with Crippen molar-refractivity contribution in [1.29, 1.82) is 0 Å². The Bertz CT molecular complexity index is 98.7. The molecule has 0 heterocycles. The summed E-state index contributed by atoms with van der Waals surface area (Å²) in [4.78, 5) is 2.24. The molecule has 0 rings (SSSR count). The molecule has 0 atom stereocenters. The Morgan fingerprint density at radius 2 is 1.67 bits per heavy atom. The molecule has 0 aliphatic carbocycles. The molecule has 3 heteroatoms. The van der Waals surface area contributed by atoms with Crippen molar-refractivity contribution < 1.29 is 9.47 Å². The summed E-state index contributed by atoms with van der Waals surface area (Å²) in [6.45, 7) is 7.98. The fourth-order valence-corrected chi connectivity index (χ4v) is 0.918. The molecule has 0 aliphatic heterocycles. The first-order valence-corrected chi connectivity index (χ1v) is 4.16. The van der Waals surface area contributed by atoms with Gasteiger partial charge in [0.1, 0.15) is 0 Å². The van der Waals surface area contributed by atoms with E-state index in [4.69, 9.17) is 9.47 Å². The van der Waals surface area contributed by atoms with Gasteiger partial charge >= 0.3 is 0 Å². The fraction of sp³-hybridized carbons (Fsp3) is 0.778. The van der Waals surface area contributed by atoms with Crippen LogP contribution in [-0.2, 0) is 9.47 Å². The van der Waals surface area contributed by atoms with Gasteiger partial charge < -0.3 is 9.47 Å². The van der Waals surface area contributed by atoms with Crippen LogP contribution in [0.25, 0.3) is 0 Å². The van der Waals surface area contributed by atoms with E-state index in [1.807, 2.05) is 6.08 Å². The second-order valence-electron chi connectivity index (χ2n) is 2.57. The zero-order chi connectivity index (χ0) is 9.23. The Morgan fingerprint density at radius 3 is 2.00 bits per heavy atom. The molecule has 0 fully saturated rings. The van der Waals surface area contributed by atoms with Crippen LogP contribution in [0.5, 0.6) is 0 Å². The van der Waals surface area contributed by atoms with Gasteiger partial charge in [-0.25, -0.2) is 0 Å². The lowest BCUT2D eigenvalue weighted by Crippen LogP contribution is -2.30. The Morgan fingerprint density at radius 1 is 1.17 bits per heavy atom. The Balaban J connectivity index is 3.46. The molecule has 0 aromatic rings. The molecule has 72 valence electrons. The van der Waals surface area contributed by atoms with Gasteiger partial charge in [-0.1, -0.05) is 6.08 Å². The molecule has 0 amide bonds. The van der Waals surface area contributed by atoms with Gasteiger partial charge in [0, 0.05) is 33.9 Å². The molecule has 0 saturated carbocycles. The van der Waals surface area contributed by atoms with Gasteiger partial charge in [0.25, 0.3) is 0 Å². The average Bonchev–Trinajstić information content (AvgIpc) is 2.10. The number of methoxy groups -OCH3 is 2. The SMILES string of the molecule is C=CCN(CCOC)CCOC. The molecule has 0 aliphatic rings. The van der Waals surface area contributed by atoms with Crippen molar-refractivity contribution in [2.75, 3.05) is 47.1 Å². The van der Waals surface area contributed by atoms with Crippen LogP contribution in [0, 0.1) is 0 Å². The first-order valence-electron chi connectivity index (χ1n) is 4.16. The maximum absolute atomic E-state index is 4.98. The maximum Gasteiger partial charge on any atom is 0.0589 e. The third-order valence-electron chi connectivity index (χ3n) is 1.61. The molecule has 0 saturated heterocycles. The van der Waals surface area contributed by atoms with Crippen molar-refractivity contribution in [2.45, 2.75) is 0 Å². The normalized spacial score (nSPS) is 10.6. The predicted molar refractivity (Wildman–Crippen MR) is 50.4 cm³/mol. The maximum atomic E-state index is 4.98. The van der Waals surface area contributed by atoms with Crippen LogP contribution < -0.4 is 0 Å². The van der Waals surface area contributed by atoms with E-state index in [-0.39, 0.29) is 0 Å². The monoisotopic (exact) mass is 173 g/mol. The lowest BCUT2D eigenvalue weighted by Gasteiger charge is -2.19. The summed E-state index contributed by atoms with van der Waals surface area (Å²) >= 11 is 0. The fourth-order valence-electron chi connectivity index (χ4n) is 0.918. The van der Waals surface area contributed by atoms with E-state index in [9.17, 15) is 0 Å². The second-order valence-corrected chi connectivity index (χ2v) is 2.57. The van der Waals surface area contributed by atoms with E-state index in [2.05, 4.69) is 11.5 Å². The molecule has 0 unspecified atom stereocenters. The standard InChI is InChI=1S/C9H19NO2/c1-4-5-10(6-8-11-2)7-9-12-3/h4H,1,5-9H2,2-3H3. The molecular weight excluding hydrogens is 154 g/mol. The van der Waals surface area contributed by atoms with E-state index in [1.54, 1.807) is 14.2 Å². The van der Waals surface area contributed by atoms with Crippen molar-refractivity contribution in [1.82, 2.24) is 4.90 Å². The summed E-state index contributed by atoms with van der Waals surface area (Å²) in [5, 5.41) is 0. The average molecular weight is 173 g/mol. The summed E-state index contributed by atoms with van der Waals surface area (Å²) in [7, 11) is 3.42. The Labute approximate surface area is 75.0 Å². The molecular formula is C9H19NO2. The third-order valence-corrected chi connectivity index (χ3v) is 1.61. The van der Waals surface area contributed by atoms with Crippen molar-refractivity contribution in [3.8, 4) is 0 Å². The largest absolute Gasteiger partial charge is 0.383 e. The van der Waals surface area contributed by atoms with Gasteiger partial charge in [0.15, 0.2) is 0 Å². The summed E-state index contributed by atoms with van der Waals surface area (Å²) in [6.07, 6.45) is 1.89. The highest BCUT2D eigenvalue weighted by atomic mass is 16.5. The summed E-state index contributed by atoms with van der Waals surface area (Å²) in [5.41, 5.74) is 0.